The van der Waals surface area contributed by atoms with Crippen LogP contribution in [0.3, 0.4) is 0 Å². The van der Waals surface area contributed by atoms with Crippen LogP contribution in [-0.4, -0.2) is 16.9 Å². The van der Waals surface area contributed by atoms with Gasteiger partial charge in [0.15, 0.2) is 0 Å². The molecule has 0 saturated heterocycles. The minimum atomic E-state index is -0.530. The minimum absolute atomic E-state index is 0.127. The van der Waals surface area contributed by atoms with Crippen molar-refractivity contribution in [2.45, 2.75) is 13.0 Å². The number of nitrogens with one attached hydrogen (secondary N) is 2. The molecular formula is C15H14IN3O3. The first kappa shape index (κ1) is 16.2. The second-order valence-corrected chi connectivity index (χ2v) is 5.89. The summed E-state index contributed by atoms with van der Waals surface area (Å²) in [7, 11) is 0. The third kappa shape index (κ3) is 4.17. The van der Waals surface area contributed by atoms with E-state index in [1.807, 2.05) is 24.3 Å². The molecule has 2 rings (SSSR count). The van der Waals surface area contributed by atoms with Gasteiger partial charge < -0.3 is 10.6 Å². The van der Waals surface area contributed by atoms with E-state index in [1.54, 1.807) is 19.1 Å². The van der Waals surface area contributed by atoms with Crippen LogP contribution >= 0.6 is 22.6 Å². The zero-order valence-electron chi connectivity index (χ0n) is 11.7. The van der Waals surface area contributed by atoms with E-state index in [2.05, 4.69) is 33.2 Å². The maximum Gasteiger partial charge on any atom is 0.292 e. The van der Waals surface area contributed by atoms with Crippen molar-refractivity contribution in [1.82, 2.24) is 0 Å². The SMILES string of the molecule is C[C@@H](Nc1cccc(I)c1)C(=O)Nc1ccccc1[N+](=O)[O-]. The molecule has 0 aromatic heterocycles. The predicted molar refractivity (Wildman–Crippen MR) is 94.0 cm³/mol. The lowest BCUT2D eigenvalue weighted by molar-refractivity contribution is -0.383. The van der Waals surface area contributed by atoms with Crippen LogP contribution in [0.15, 0.2) is 48.5 Å². The van der Waals surface area contributed by atoms with Gasteiger partial charge in [0.1, 0.15) is 11.7 Å². The number of rotatable bonds is 5. The van der Waals surface area contributed by atoms with E-state index in [0.717, 1.165) is 9.26 Å². The molecule has 0 fully saturated rings. The first-order chi connectivity index (χ1) is 10.5. The molecule has 6 nitrogen and oxygen atoms in total. The largest absolute Gasteiger partial charge is 0.374 e. The first-order valence-corrected chi connectivity index (χ1v) is 7.61. The van der Waals surface area contributed by atoms with Crippen LogP contribution in [0.25, 0.3) is 0 Å². The van der Waals surface area contributed by atoms with Crippen LogP contribution in [-0.2, 0) is 4.79 Å². The van der Waals surface area contributed by atoms with Crippen molar-refractivity contribution in [3.05, 3.63) is 62.2 Å². The van der Waals surface area contributed by atoms with Crippen LogP contribution < -0.4 is 10.6 Å². The fraction of sp³-hybridized carbons (Fsp3) is 0.133. The van der Waals surface area contributed by atoms with Crippen molar-refractivity contribution in [3.63, 3.8) is 0 Å². The van der Waals surface area contributed by atoms with Crippen LogP contribution in [0.5, 0.6) is 0 Å². The number of anilines is 2. The highest BCUT2D eigenvalue weighted by atomic mass is 127. The van der Waals surface area contributed by atoms with E-state index in [-0.39, 0.29) is 17.3 Å². The van der Waals surface area contributed by atoms with E-state index in [0.29, 0.717) is 0 Å². The molecule has 7 heteroatoms. The number of halogens is 1. The minimum Gasteiger partial charge on any atom is -0.374 e. The highest BCUT2D eigenvalue weighted by molar-refractivity contribution is 14.1. The van der Waals surface area contributed by atoms with Gasteiger partial charge in [0.05, 0.1) is 4.92 Å². The Kier molecular flexibility index (Phi) is 5.31. The molecule has 0 radical (unpaired) electrons. The summed E-state index contributed by atoms with van der Waals surface area (Å²) in [4.78, 5) is 22.6. The highest BCUT2D eigenvalue weighted by Crippen LogP contribution is 2.23. The average Bonchev–Trinajstić information content (AvgIpc) is 2.47. The summed E-state index contributed by atoms with van der Waals surface area (Å²) < 4.78 is 1.05. The summed E-state index contributed by atoms with van der Waals surface area (Å²) in [6.07, 6.45) is 0. The Labute approximate surface area is 141 Å². The lowest BCUT2D eigenvalue weighted by Gasteiger charge is -2.15. The zero-order chi connectivity index (χ0) is 16.1. The molecular weight excluding hydrogens is 397 g/mol. The van der Waals surface area contributed by atoms with E-state index in [9.17, 15) is 14.9 Å². The van der Waals surface area contributed by atoms with E-state index >= 15 is 0 Å². The third-order valence-corrected chi connectivity index (χ3v) is 3.63. The summed E-state index contributed by atoms with van der Waals surface area (Å²) >= 11 is 2.18. The number of benzene rings is 2. The normalized spacial score (nSPS) is 11.5. The van der Waals surface area contributed by atoms with Gasteiger partial charge in [-0.05, 0) is 53.8 Å². The molecule has 0 aliphatic rings. The quantitative estimate of drug-likeness (QED) is 0.447. The van der Waals surface area contributed by atoms with Gasteiger partial charge in [-0.2, -0.15) is 0 Å². The summed E-state index contributed by atoms with van der Waals surface area (Å²) in [5.74, 6) is -0.340. The second-order valence-electron chi connectivity index (χ2n) is 4.64. The topological polar surface area (TPSA) is 84.3 Å². The van der Waals surface area contributed by atoms with Crippen molar-refractivity contribution in [2.75, 3.05) is 10.6 Å². The van der Waals surface area contributed by atoms with Crippen molar-refractivity contribution in [1.29, 1.82) is 0 Å². The molecule has 2 aromatic carbocycles. The lowest BCUT2D eigenvalue weighted by Crippen LogP contribution is -2.32. The van der Waals surface area contributed by atoms with Gasteiger partial charge in [0, 0.05) is 15.3 Å². The number of carbonyl (C=O) groups is 1. The van der Waals surface area contributed by atoms with Crippen molar-refractivity contribution in [3.8, 4) is 0 Å². The van der Waals surface area contributed by atoms with Gasteiger partial charge in [-0.1, -0.05) is 18.2 Å². The summed E-state index contributed by atoms with van der Waals surface area (Å²) in [5.41, 5.74) is 0.878. The summed E-state index contributed by atoms with van der Waals surface area (Å²) in [5, 5.41) is 16.6. The highest BCUT2D eigenvalue weighted by Gasteiger charge is 2.18. The molecule has 2 N–H and O–H groups in total. The number of carbonyl (C=O) groups excluding carboxylic acids is 1. The van der Waals surface area contributed by atoms with Crippen LogP contribution in [0.4, 0.5) is 17.1 Å². The van der Waals surface area contributed by atoms with Gasteiger partial charge in [-0.25, -0.2) is 0 Å². The second kappa shape index (κ2) is 7.21. The van der Waals surface area contributed by atoms with E-state index < -0.39 is 11.0 Å². The molecule has 0 heterocycles. The lowest BCUT2D eigenvalue weighted by atomic mass is 10.2. The standard InChI is InChI=1S/C15H14IN3O3/c1-10(17-12-6-4-5-11(16)9-12)15(20)18-13-7-2-3-8-14(13)19(21)22/h2-10,17H,1H3,(H,18,20)/t10-/m1/s1. The number of nitrogens with zero attached hydrogens (tertiary/aromatic N) is 1. The maximum atomic E-state index is 12.2. The fourth-order valence-corrected chi connectivity index (χ4v) is 2.42. The van der Waals surface area contributed by atoms with E-state index in [1.165, 1.54) is 12.1 Å². The van der Waals surface area contributed by atoms with Crippen molar-refractivity contribution < 1.29 is 9.72 Å². The van der Waals surface area contributed by atoms with Crippen LogP contribution in [0.1, 0.15) is 6.92 Å². The van der Waals surface area contributed by atoms with Gasteiger partial charge >= 0.3 is 0 Å². The summed E-state index contributed by atoms with van der Waals surface area (Å²) in [6, 6.07) is 13.1. The molecule has 0 aliphatic carbocycles. The van der Waals surface area contributed by atoms with Crippen LogP contribution in [0.2, 0.25) is 0 Å². The van der Waals surface area contributed by atoms with E-state index in [4.69, 9.17) is 0 Å². The Morgan fingerprint density at radius 3 is 2.64 bits per heavy atom. The Morgan fingerprint density at radius 2 is 1.95 bits per heavy atom. The smallest absolute Gasteiger partial charge is 0.292 e. The number of nitro benzene ring substituents is 1. The Morgan fingerprint density at radius 1 is 1.23 bits per heavy atom. The van der Waals surface area contributed by atoms with Crippen molar-refractivity contribution in [2.24, 2.45) is 0 Å². The third-order valence-electron chi connectivity index (χ3n) is 2.96. The number of amides is 1. The summed E-state index contributed by atoms with van der Waals surface area (Å²) in [6.45, 7) is 1.70. The van der Waals surface area contributed by atoms with Gasteiger partial charge in [0.2, 0.25) is 5.91 Å². The first-order valence-electron chi connectivity index (χ1n) is 6.54. The molecule has 2 aromatic rings. The Hall–Kier alpha value is -2.16. The Balaban J connectivity index is 2.07. The molecule has 0 bridgehead atoms. The number of hydrogen-bond acceptors (Lipinski definition) is 4. The maximum absolute atomic E-state index is 12.2. The molecule has 1 amide bonds. The van der Waals surface area contributed by atoms with Crippen molar-refractivity contribution >= 4 is 45.6 Å². The molecule has 1 atom stereocenters. The average molecular weight is 411 g/mol. The Bertz CT molecular complexity index is 706. The number of nitro groups is 1. The number of hydrogen-bond donors (Lipinski definition) is 2. The monoisotopic (exact) mass is 411 g/mol. The molecule has 0 saturated carbocycles. The molecule has 0 spiro atoms. The molecule has 114 valence electrons. The van der Waals surface area contributed by atoms with Gasteiger partial charge in [0.25, 0.3) is 5.69 Å². The van der Waals surface area contributed by atoms with Gasteiger partial charge in [-0.3, -0.25) is 14.9 Å². The fourth-order valence-electron chi connectivity index (χ4n) is 1.87. The van der Waals surface area contributed by atoms with Crippen LogP contribution in [0, 0.1) is 13.7 Å². The molecule has 0 aliphatic heterocycles. The molecule has 22 heavy (non-hydrogen) atoms. The van der Waals surface area contributed by atoms with Gasteiger partial charge in [-0.15, -0.1) is 0 Å². The number of para-hydroxylation sites is 2. The molecule has 0 unspecified atom stereocenters. The predicted octanol–water partition coefficient (Wildman–Crippen LogP) is 3.64. The zero-order valence-corrected chi connectivity index (χ0v) is 13.9.